The lowest BCUT2D eigenvalue weighted by molar-refractivity contribution is -0.117. The maximum atomic E-state index is 12.8. The predicted octanol–water partition coefficient (Wildman–Crippen LogP) is 4.50. The lowest BCUT2D eigenvalue weighted by atomic mass is 10.1. The monoisotopic (exact) mass is 523 g/mol. The molecule has 0 unspecified atom stereocenters. The van der Waals surface area contributed by atoms with Crippen molar-refractivity contribution in [2.24, 2.45) is 0 Å². The number of piperidine rings is 1. The van der Waals surface area contributed by atoms with E-state index in [4.69, 9.17) is 11.6 Å². The number of rotatable bonds is 8. The Morgan fingerprint density at radius 2 is 1.69 bits per heavy atom. The molecule has 2 aromatic carbocycles. The van der Waals surface area contributed by atoms with Crippen LogP contribution in [-0.4, -0.2) is 52.6 Å². The van der Waals surface area contributed by atoms with E-state index >= 15 is 0 Å². The number of anilines is 1. The molecule has 3 aromatic rings. The Morgan fingerprint density at radius 3 is 2.44 bits per heavy atom. The first kappa shape index (κ1) is 24.9. The summed E-state index contributed by atoms with van der Waals surface area (Å²) in [5, 5.41) is 13.1. The lowest BCUT2D eigenvalue weighted by Gasteiger charge is -2.26. The van der Waals surface area contributed by atoms with Gasteiger partial charge in [-0.05, 0) is 67.7 Å². The van der Waals surface area contributed by atoms with Crippen LogP contribution in [0.2, 0.25) is 5.02 Å². The fraction of sp³-hybridized carbons (Fsp3) is 0.407. The van der Waals surface area contributed by atoms with Gasteiger partial charge in [0.2, 0.25) is 10.9 Å². The normalized spacial score (nSPS) is 18.5. The second kappa shape index (κ2) is 11.5. The average molecular weight is 524 g/mol. The Labute approximate surface area is 220 Å². The van der Waals surface area contributed by atoms with Gasteiger partial charge in [-0.3, -0.25) is 14.5 Å². The second-order valence-electron chi connectivity index (χ2n) is 9.51. The Morgan fingerprint density at radius 1 is 0.972 bits per heavy atom. The third-order valence-electron chi connectivity index (χ3n) is 6.77. The average Bonchev–Trinajstić information content (AvgIpc) is 3.51. The summed E-state index contributed by atoms with van der Waals surface area (Å²) in [4.78, 5) is 29.7. The van der Waals surface area contributed by atoms with Crippen molar-refractivity contribution in [1.82, 2.24) is 20.4 Å². The van der Waals surface area contributed by atoms with Crippen LogP contribution < -0.4 is 10.2 Å². The summed E-state index contributed by atoms with van der Waals surface area (Å²) in [5.41, 5.74) is 3.30. The third kappa shape index (κ3) is 6.30. The van der Waals surface area contributed by atoms with Crippen LogP contribution in [-0.2, 0) is 24.2 Å². The minimum absolute atomic E-state index is 0.0185. The standard InChI is InChI=1S/C27H30ClN5O2S/c28-21-9-4-19(5-10-21)8-13-24-30-31-27(36-24)26(35)29-22-16-25(34)33(18-22)23-11-6-20(7-12-23)17-32-14-2-1-3-15-32/h4-7,9-12,22H,1-3,8,13-18H2,(H,29,35)/t22-/m0/s1. The number of aryl methyl sites for hydroxylation is 2. The highest BCUT2D eigenvalue weighted by molar-refractivity contribution is 7.13. The highest BCUT2D eigenvalue weighted by Gasteiger charge is 2.32. The number of halogens is 1. The molecule has 36 heavy (non-hydrogen) atoms. The second-order valence-corrected chi connectivity index (χ2v) is 11.0. The maximum absolute atomic E-state index is 12.8. The molecule has 1 atom stereocenters. The van der Waals surface area contributed by atoms with Crippen molar-refractivity contribution in [1.29, 1.82) is 0 Å². The van der Waals surface area contributed by atoms with Gasteiger partial charge in [0.25, 0.3) is 5.91 Å². The van der Waals surface area contributed by atoms with Gasteiger partial charge in [0.15, 0.2) is 0 Å². The number of nitrogens with zero attached hydrogens (tertiary/aromatic N) is 4. The summed E-state index contributed by atoms with van der Waals surface area (Å²) in [6.45, 7) is 3.73. The van der Waals surface area contributed by atoms with Gasteiger partial charge >= 0.3 is 0 Å². The Bertz CT molecular complexity index is 1190. The van der Waals surface area contributed by atoms with Crippen molar-refractivity contribution in [2.45, 2.75) is 51.1 Å². The van der Waals surface area contributed by atoms with E-state index in [2.05, 4.69) is 32.5 Å². The molecule has 0 saturated carbocycles. The number of amides is 2. The topological polar surface area (TPSA) is 78.4 Å². The summed E-state index contributed by atoms with van der Waals surface area (Å²) >= 11 is 7.24. The van der Waals surface area contributed by atoms with Crippen molar-refractivity contribution < 1.29 is 9.59 Å². The molecule has 9 heteroatoms. The fourth-order valence-corrected chi connectivity index (χ4v) is 5.67. The summed E-state index contributed by atoms with van der Waals surface area (Å²) in [6.07, 6.45) is 5.66. The quantitative estimate of drug-likeness (QED) is 0.470. The summed E-state index contributed by atoms with van der Waals surface area (Å²) < 4.78 is 0. The first-order chi connectivity index (χ1) is 17.5. The molecule has 2 aliphatic heterocycles. The highest BCUT2D eigenvalue weighted by Crippen LogP contribution is 2.24. The van der Waals surface area contributed by atoms with Gasteiger partial charge in [0.05, 0.1) is 6.04 Å². The number of aromatic nitrogens is 2. The number of likely N-dealkylation sites (tertiary alicyclic amines) is 1. The van der Waals surface area contributed by atoms with Crippen molar-refractivity contribution in [2.75, 3.05) is 24.5 Å². The molecule has 2 amide bonds. The number of carbonyl (C=O) groups is 2. The van der Waals surface area contributed by atoms with Crippen LogP contribution in [0.1, 0.15) is 51.6 Å². The molecule has 1 N–H and O–H groups in total. The SMILES string of the molecule is O=C(N[C@H]1CC(=O)N(c2ccc(CN3CCCCC3)cc2)C1)c1nnc(CCc2ccc(Cl)cc2)s1. The maximum Gasteiger partial charge on any atom is 0.282 e. The van der Waals surface area contributed by atoms with E-state index in [9.17, 15) is 9.59 Å². The Kier molecular flexibility index (Phi) is 7.94. The van der Waals surface area contributed by atoms with Crippen LogP contribution in [0, 0.1) is 0 Å². The number of benzene rings is 2. The van der Waals surface area contributed by atoms with Crippen LogP contribution in [0.5, 0.6) is 0 Å². The summed E-state index contributed by atoms with van der Waals surface area (Å²) in [7, 11) is 0. The van der Waals surface area contributed by atoms with Gasteiger partial charge in [-0.25, -0.2) is 0 Å². The molecule has 5 rings (SSSR count). The van der Waals surface area contributed by atoms with Gasteiger partial charge < -0.3 is 10.2 Å². The number of carbonyl (C=O) groups excluding carboxylic acids is 2. The first-order valence-corrected chi connectivity index (χ1v) is 13.7. The number of hydrogen-bond acceptors (Lipinski definition) is 6. The van der Waals surface area contributed by atoms with Crippen molar-refractivity contribution in [3.8, 4) is 0 Å². The molecule has 3 heterocycles. The summed E-state index contributed by atoms with van der Waals surface area (Å²) in [5.74, 6) is -0.258. The van der Waals surface area contributed by atoms with Crippen LogP contribution in [0.15, 0.2) is 48.5 Å². The van der Waals surface area contributed by atoms with Gasteiger partial charge in [0, 0.05) is 36.6 Å². The van der Waals surface area contributed by atoms with E-state index in [-0.39, 0.29) is 24.3 Å². The van der Waals surface area contributed by atoms with Crippen LogP contribution in [0.25, 0.3) is 0 Å². The minimum Gasteiger partial charge on any atom is -0.345 e. The van der Waals surface area contributed by atoms with Crippen LogP contribution in [0.3, 0.4) is 0 Å². The molecule has 7 nitrogen and oxygen atoms in total. The fourth-order valence-electron chi connectivity index (χ4n) is 4.81. The molecule has 1 aromatic heterocycles. The van der Waals surface area contributed by atoms with E-state index in [1.807, 2.05) is 36.4 Å². The minimum atomic E-state index is -0.276. The molecule has 0 spiro atoms. The number of nitrogens with one attached hydrogen (secondary N) is 1. The smallest absolute Gasteiger partial charge is 0.282 e. The van der Waals surface area contributed by atoms with Crippen molar-refractivity contribution in [3.05, 3.63) is 74.7 Å². The molecule has 2 fully saturated rings. The molecule has 0 radical (unpaired) electrons. The zero-order chi connectivity index (χ0) is 24.9. The van der Waals surface area contributed by atoms with E-state index < -0.39 is 0 Å². The molecule has 0 bridgehead atoms. The molecule has 0 aliphatic carbocycles. The van der Waals surface area contributed by atoms with Crippen LogP contribution in [0.4, 0.5) is 5.69 Å². The first-order valence-electron chi connectivity index (χ1n) is 12.5. The van der Waals surface area contributed by atoms with Crippen molar-refractivity contribution >= 4 is 40.4 Å². The molecular formula is C27H30ClN5O2S. The van der Waals surface area contributed by atoms with Gasteiger partial charge in [-0.15, -0.1) is 10.2 Å². The van der Waals surface area contributed by atoms with Gasteiger partial charge in [-0.2, -0.15) is 0 Å². The molecule has 2 saturated heterocycles. The predicted molar refractivity (Wildman–Crippen MR) is 143 cm³/mol. The Hall–Kier alpha value is -2.81. The Balaban J connectivity index is 1.12. The number of hydrogen-bond donors (Lipinski definition) is 1. The zero-order valence-corrected chi connectivity index (χ0v) is 21.7. The largest absolute Gasteiger partial charge is 0.345 e. The van der Waals surface area contributed by atoms with E-state index in [0.717, 1.165) is 42.3 Å². The molecule has 188 valence electrons. The van der Waals surface area contributed by atoms with Crippen molar-refractivity contribution in [3.63, 3.8) is 0 Å². The van der Waals surface area contributed by atoms with E-state index in [1.165, 1.54) is 36.2 Å². The van der Waals surface area contributed by atoms with Gasteiger partial charge in [0.1, 0.15) is 5.01 Å². The highest BCUT2D eigenvalue weighted by atomic mass is 35.5. The summed E-state index contributed by atoms with van der Waals surface area (Å²) in [6, 6.07) is 15.7. The van der Waals surface area contributed by atoms with Crippen LogP contribution >= 0.6 is 22.9 Å². The third-order valence-corrected chi connectivity index (χ3v) is 8.00. The molecule has 2 aliphatic rings. The van der Waals surface area contributed by atoms with Gasteiger partial charge in [-0.1, -0.05) is 53.6 Å². The zero-order valence-electron chi connectivity index (χ0n) is 20.2. The van der Waals surface area contributed by atoms with E-state index in [1.54, 1.807) is 4.90 Å². The van der Waals surface area contributed by atoms with E-state index in [0.29, 0.717) is 23.0 Å². The molecular weight excluding hydrogens is 494 g/mol. The lowest BCUT2D eigenvalue weighted by Crippen LogP contribution is -2.37.